The van der Waals surface area contributed by atoms with Crippen LogP contribution in [0.1, 0.15) is 24.5 Å². The van der Waals surface area contributed by atoms with E-state index < -0.39 is 17.7 Å². The summed E-state index contributed by atoms with van der Waals surface area (Å²) in [5.41, 5.74) is 1.78. The molecule has 0 bridgehead atoms. The highest BCUT2D eigenvalue weighted by Gasteiger charge is 2.31. The number of benzene rings is 2. The molecule has 0 atom stereocenters. The van der Waals surface area contributed by atoms with Gasteiger partial charge in [0.05, 0.1) is 23.8 Å². The van der Waals surface area contributed by atoms with Crippen molar-refractivity contribution in [2.45, 2.75) is 32.7 Å². The maximum absolute atomic E-state index is 12.8. The second kappa shape index (κ2) is 7.60. The topological polar surface area (TPSA) is 44.1 Å². The molecule has 0 fully saturated rings. The first-order chi connectivity index (χ1) is 12.8. The van der Waals surface area contributed by atoms with Crippen LogP contribution in [0.15, 0.2) is 47.5 Å². The molecule has 0 saturated heterocycles. The Labute approximate surface area is 158 Å². The fourth-order valence-corrected chi connectivity index (χ4v) is 3.08. The maximum Gasteiger partial charge on any atom is 0.573 e. The molecule has 1 heterocycles. The molecular formula is C19H16ClF3N2O2. The van der Waals surface area contributed by atoms with E-state index in [2.05, 4.69) is 9.72 Å². The lowest BCUT2D eigenvalue weighted by atomic mass is 10.0. The van der Waals surface area contributed by atoms with E-state index in [0.717, 1.165) is 36.1 Å². The highest BCUT2D eigenvalue weighted by molar-refractivity contribution is 6.30. The number of hydrogen-bond donors (Lipinski definition) is 0. The zero-order chi connectivity index (χ0) is 19.6. The lowest BCUT2D eigenvalue weighted by Crippen LogP contribution is -2.22. The van der Waals surface area contributed by atoms with Gasteiger partial charge in [-0.1, -0.05) is 31.0 Å². The van der Waals surface area contributed by atoms with Crippen LogP contribution in [0.3, 0.4) is 0 Å². The van der Waals surface area contributed by atoms with E-state index in [0.29, 0.717) is 10.5 Å². The molecule has 1 aromatic heterocycles. The van der Waals surface area contributed by atoms with Gasteiger partial charge in [-0.2, -0.15) is 0 Å². The van der Waals surface area contributed by atoms with Crippen LogP contribution in [0.25, 0.3) is 10.9 Å². The molecule has 0 spiro atoms. The predicted molar refractivity (Wildman–Crippen MR) is 97.2 cm³/mol. The summed E-state index contributed by atoms with van der Waals surface area (Å²) in [6.07, 6.45) is -1.69. The van der Waals surface area contributed by atoms with Gasteiger partial charge in [0.15, 0.2) is 0 Å². The van der Waals surface area contributed by atoms with Crippen molar-refractivity contribution in [3.63, 3.8) is 0 Å². The Bertz CT molecular complexity index is 1030. The van der Waals surface area contributed by atoms with E-state index in [1.165, 1.54) is 17.0 Å². The van der Waals surface area contributed by atoms with Crippen LogP contribution in [0, 0.1) is 0 Å². The third-order valence-electron chi connectivity index (χ3n) is 4.06. The molecule has 0 aliphatic rings. The average Bonchev–Trinajstić information content (AvgIpc) is 2.59. The highest BCUT2D eigenvalue weighted by atomic mass is 35.5. The summed E-state index contributed by atoms with van der Waals surface area (Å²) < 4.78 is 42.5. The van der Waals surface area contributed by atoms with Crippen LogP contribution in [-0.4, -0.2) is 15.9 Å². The summed E-state index contributed by atoms with van der Waals surface area (Å²) >= 11 is 6.07. The molecule has 3 aromatic rings. The number of nitrogens with zero attached hydrogens (tertiary/aromatic N) is 2. The molecule has 0 amide bonds. The van der Waals surface area contributed by atoms with Crippen molar-refractivity contribution in [3.05, 3.63) is 69.2 Å². The quantitative estimate of drug-likeness (QED) is 0.613. The fourth-order valence-electron chi connectivity index (χ4n) is 2.89. The number of fused-ring (bicyclic) bond motifs is 1. The minimum absolute atomic E-state index is 0.0540. The molecule has 2 aromatic carbocycles. The van der Waals surface area contributed by atoms with E-state index in [1.807, 2.05) is 13.0 Å². The van der Waals surface area contributed by atoms with Crippen LogP contribution in [-0.2, 0) is 13.0 Å². The second-order valence-corrected chi connectivity index (χ2v) is 6.50. The third kappa shape index (κ3) is 4.60. The SMILES string of the molecule is CCCc1ccc(Cl)cc1Cn1cnc2ccc(OC(F)(F)F)cc2c1=O. The third-order valence-corrected chi connectivity index (χ3v) is 4.29. The van der Waals surface area contributed by atoms with Crippen molar-refractivity contribution in [2.75, 3.05) is 0 Å². The van der Waals surface area contributed by atoms with Crippen molar-refractivity contribution in [1.82, 2.24) is 9.55 Å². The zero-order valence-corrected chi connectivity index (χ0v) is 15.1. The summed E-state index contributed by atoms with van der Waals surface area (Å²) in [7, 11) is 0. The minimum Gasteiger partial charge on any atom is -0.406 e. The van der Waals surface area contributed by atoms with Crippen LogP contribution in [0.2, 0.25) is 5.02 Å². The van der Waals surface area contributed by atoms with Crippen LogP contribution >= 0.6 is 11.6 Å². The molecule has 0 radical (unpaired) electrons. The number of alkyl halides is 3. The molecule has 0 saturated carbocycles. The van der Waals surface area contributed by atoms with E-state index in [1.54, 1.807) is 12.1 Å². The van der Waals surface area contributed by atoms with Crippen molar-refractivity contribution in [1.29, 1.82) is 0 Å². The van der Waals surface area contributed by atoms with E-state index >= 15 is 0 Å². The van der Waals surface area contributed by atoms with Crippen molar-refractivity contribution in [2.24, 2.45) is 0 Å². The lowest BCUT2D eigenvalue weighted by Gasteiger charge is -2.13. The first kappa shape index (κ1) is 19.2. The Kier molecular flexibility index (Phi) is 5.41. The van der Waals surface area contributed by atoms with Crippen LogP contribution in [0.4, 0.5) is 13.2 Å². The molecule has 0 aliphatic heterocycles. The molecular weight excluding hydrogens is 381 g/mol. The summed E-state index contributed by atoms with van der Waals surface area (Å²) in [6, 6.07) is 8.99. The molecule has 27 heavy (non-hydrogen) atoms. The predicted octanol–water partition coefficient (Wildman–Crippen LogP) is 4.95. The smallest absolute Gasteiger partial charge is 0.406 e. The van der Waals surface area contributed by atoms with Gasteiger partial charge in [-0.25, -0.2) is 4.98 Å². The standard InChI is InChI=1S/C19H16ClF3N2O2/c1-2-3-12-4-5-14(20)8-13(12)10-25-11-24-17-7-6-15(27-19(21,22)23)9-16(17)18(25)26/h4-9,11H,2-3,10H2,1H3. The lowest BCUT2D eigenvalue weighted by molar-refractivity contribution is -0.274. The molecule has 4 nitrogen and oxygen atoms in total. The fraction of sp³-hybridized carbons (Fsp3) is 0.263. The maximum atomic E-state index is 12.8. The molecule has 8 heteroatoms. The van der Waals surface area contributed by atoms with Crippen LogP contribution < -0.4 is 10.3 Å². The Morgan fingerprint density at radius 1 is 1.15 bits per heavy atom. The second-order valence-electron chi connectivity index (χ2n) is 6.07. The van der Waals surface area contributed by atoms with E-state index in [-0.39, 0.29) is 11.9 Å². The van der Waals surface area contributed by atoms with Crippen LogP contribution in [0.5, 0.6) is 5.75 Å². The number of rotatable bonds is 5. The largest absolute Gasteiger partial charge is 0.573 e. The minimum atomic E-state index is -4.83. The van der Waals surface area contributed by atoms with Gasteiger partial charge in [0.2, 0.25) is 0 Å². The van der Waals surface area contributed by atoms with Gasteiger partial charge in [0, 0.05) is 5.02 Å². The Hall–Kier alpha value is -2.54. The highest BCUT2D eigenvalue weighted by Crippen LogP contribution is 2.25. The number of ether oxygens (including phenoxy) is 1. The van der Waals surface area contributed by atoms with Crippen molar-refractivity contribution >= 4 is 22.5 Å². The van der Waals surface area contributed by atoms with E-state index in [4.69, 9.17) is 11.6 Å². The molecule has 0 N–H and O–H groups in total. The monoisotopic (exact) mass is 396 g/mol. The number of aromatic nitrogens is 2. The number of hydrogen-bond acceptors (Lipinski definition) is 3. The van der Waals surface area contributed by atoms with Gasteiger partial charge in [0.25, 0.3) is 5.56 Å². The van der Waals surface area contributed by atoms with Gasteiger partial charge in [-0.15, -0.1) is 13.2 Å². The van der Waals surface area contributed by atoms with Gasteiger partial charge >= 0.3 is 6.36 Å². The summed E-state index contributed by atoms with van der Waals surface area (Å²) in [5.74, 6) is -0.457. The van der Waals surface area contributed by atoms with Gasteiger partial charge < -0.3 is 4.74 Å². The van der Waals surface area contributed by atoms with Crippen molar-refractivity contribution in [3.8, 4) is 5.75 Å². The Balaban J connectivity index is 2.02. The first-order valence-corrected chi connectivity index (χ1v) is 8.67. The van der Waals surface area contributed by atoms with E-state index in [9.17, 15) is 18.0 Å². The Morgan fingerprint density at radius 3 is 2.63 bits per heavy atom. The van der Waals surface area contributed by atoms with Gasteiger partial charge in [0.1, 0.15) is 5.75 Å². The molecule has 0 aliphatic carbocycles. The average molecular weight is 397 g/mol. The summed E-state index contributed by atoms with van der Waals surface area (Å²) in [6.45, 7) is 2.27. The number of aryl methyl sites for hydroxylation is 1. The summed E-state index contributed by atoms with van der Waals surface area (Å²) in [5, 5.41) is 0.603. The van der Waals surface area contributed by atoms with Gasteiger partial charge in [-0.05, 0) is 47.9 Å². The molecule has 142 valence electrons. The van der Waals surface area contributed by atoms with Gasteiger partial charge in [-0.3, -0.25) is 9.36 Å². The summed E-state index contributed by atoms with van der Waals surface area (Å²) in [4.78, 5) is 16.9. The Morgan fingerprint density at radius 2 is 1.93 bits per heavy atom. The van der Waals surface area contributed by atoms with Crippen molar-refractivity contribution < 1.29 is 17.9 Å². The number of halogens is 4. The zero-order valence-electron chi connectivity index (χ0n) is 14.4. The first-order valence-electron chi connectivity index (χ1n) is 8.29. The molecule has 0 unspecified atom stereocenters. The molecule has 3 rings (SSSR count). The normalized spacial score (nSPS) is 11.7.